The van der Waals surface area contributed by atoms with Crippen LogP contribution in [0.2, 0.25) is 5.02 Å². The third-order valence-electron chi connectivity index (χ3n) is 2.83. The van der Waals surface area contributed by atoms with Gasteiger partial charge in [0.05, 0.1) is 9.85 Å². The molecule has 0 aliphatic heterocycles. The molecule has 0 bridgehead atoms. The van der Waals surface area contributed by atoms with Crippen molar-refractivity contribution in [2.24, 2.45) is 0 Å². The normalized spacial score (nSPS) is 12.7. The van der Waals surface area contributed by atoms with E-state index in [1.165, 1.54) is 21.6 Å². The van der Waals surface area contributed by atoms with E-state index < -0.39 is 0 Å². The van der Waals surface area contributed by atoms with Crippen molar-refractivity contribution in [3.05, 3.63) is 56.2 Å². The van der Waals surface area contributed by atoms with Crippen LogP contribution in [0.1, 0.15) is 26.4 Å². The highest BCUT2D eigenvalue weighted by Gasteiger charge is 2.14. The fourth-order valence-corrected chi connectivity index (χ4v) is 4.05. The monoisotopic (exact) mass is 328 g/mol. The number of rotatable bonds is 3. The molecule has 17 heavy (non-hydrogen) atoms. The summed E-state index contributed by atoms with van der Waals surface area (Å²) in [6.45, 7) is 4.29. The molecule has 0 saturated heterocycles. The predicted octanol–water partition coefficient (Wildman–Crippen LogP) is 5.70. The van der Waals surface area contributed by atoms with Gasteiger partial charge >= 0.3 is 0 Å². The molecule has 0 aliphatic rings. The predicted molar refractivity (Wildman–Crippen MR) is 80.6 cm³/mol. The second kappa shape index (κ2) is 5.55. The first kappa shape index (κ1) is 13.1. The highest BCUT2D eigenvalue weighted by molar-refractivity contribution is 9.09. The third-order valence-corrected chi connectivity index (χ3v) is 5.39. The van der Waals surface area contributed by atoms with E-state index >= 15 is 0 Å². The highest BCUT2D eigenvalue weighted by atomic mass is 79.9. The summed E-state index contributed by atoms with van der Waals surface area (Å²) in [4.78, 5) is 1.52. The Morgan fingerprint density at radius 2 is 2.06 bits per heavy atom. The second-order valence-electron chi connectivity index (χ2n) is 4.23. The van der Waals surface area contributed by atoms with Gasteiger partial charge in [0.25, 0.3) is 0 Å². The van der Waals surface area contributed by atoms with Crippen LogP contribution in [0.25, 0.3) is 0 Å². The van der Waals surface area contributed by atoms with Crippen molar-refractivity contribution in [3.8, 4) is 0 Å². The molecule has 0 aliphatic carbocycles. The lowest BCUT2D eigenvalue weighted by molar-refractivity contribution is 0.955. The summed E-state index contributed by atoms with van der Waals surface area (Å²) in [5.74, 6) is 0. The summed E-state index contributed by atoms with van der Waals surface area (Å²) in [6.07, 6.45) is 0.980. The number of halogens is 2. The average Bonchev–Trinajstić information content (AvgIpc) is 2.70. The van der Waals surface area contributed by atoms with Crippen molar-refractivity contribution < 1.29 is 0 Å². The van der Waals surface area contributed by atoms with Gasteiger partial charge in [-0.15, -0.1) is 11.3 Å². The van der Waals surface area contributed by atoms with Crippen molar-refractivity contribution in [3.63, 3.8) is 0 Å². The molecule has 90 valence electrons. The quantitative estimate of drug-likeness (QED) is 0.634. The lowest BCUT2D eigenvalue weighted by Gasteiger charge is -2.12. The Labute approximate surface area is 120 Å². The third kappa shape index (κ3) is 3.12. The van der Waals surface area contributed by atoms with Gasteiger partial charge in [0, 0.05) is 4.88 Å². The molecule has 1 aromatic carbocycles. The molecule has 0 saturated carbocycles. The molecule has 0 amide bonds. The minimum atomic E-state index is 0.301. The van der Waals surface area contributed by atoms with Gasteiger partial charge < -0.3 is 0 Å². The number of hydrogen-bond donors (Lipinski definition) is 0. The van der Waals surface area contributed by atoms with Gasteiger partial charge in [0.15, 0.2) is 0 Å². The first-order chi connectivity index (χ1) is 8.08. The SMILES string of the molecule is Cc1ccc(C)c(CC(Br)c2sccc2Cl)c1. The Balaban J connectivity index is 2.21. The molecular formula is C14H14BrClS. The second-order valence-corrected chi connectivity index (χ2v) is 6.69. The molecule has 1 heterocycles. The zero-order chi connectivity index (χ0) is 12.4. The molecular weight excluding hydrogens is 316 g/mol. The maximum Gasteiger partial charge on any atom is 0.0556 e. The smallest absolute Gasteiger partial charge is 0.0556 e. The summed E-state index contributed by atoms with van der Waals surface area (Å²) >= 11 is 11.6. The summed E-state index contributed by atoms with van der Waals surface area (Å²) in [6, 6.07) is 8.55. The van der Waals surface area contributed by atoms with Crippen LogP contribution in [0.15, 0.2) is 29.6 Å². The summed E-state index contributed by atoms with van der Waals surface area (Å²) in [5.41, 5.74) is 4.03. The maximum absolute atomic E-state index is 6.15. The minimum absolute atomic E-state index is 0.301. The van der Waals surface area contributed by atoms with E-state index in [2.05, 4.69) is 48.0 Å². The standard InChI is InChI=1S/C14H14BrClS/c1-9-3-4-10(2)11(7-9)8-12(15)14-13(16)5-6-17-14/h3-7,12H,8H2,1-2H3. The fourth-order valence-electron chi connectivity index (χ4n) is 1.83. The van der Waals surface area contributed by atoms with E-state index in [1.807, 2.05) is 11.4 Å². The van der Waals surface area contributed by atoms with E-state index in [4.69, 9.17) is 11.6 Å². The van der Waals surface area contributed by atoms with Gasteiger partial charge in [-0.25, -0.2) is 0 Å². The Morgan fingerprint density at radius 3 is 2.71 bits per heavy atom. The minimum Gasteiger partial charge on any atom is -0.146 e. The molecule has 0 radical (unpaired) electrons. The van der Waals surface area contributed by atoms with E-state index in [1.54, 1.807) is 11.3 Å². The molecule has 3 heteroatoms. The molecule has 0 nitrogen and oxygen atoms in total. The topological polar surface area (TPSA) is 0 Å². The van der Waals surface area contributed by atoms with Gasteiger partial charge in [0.2, 0.25) is 0 Å². The van der Waals surface area contributed by atoms with E-state index in [0.717, 1.165) is 11.4 Å². The number of alkyl halides is 1. The van der Waals surface area contributed by atoms with E-state index in [9.17, 15) is 0 Å². The number of benzene rings is 1. The summed E-state index contributed by atoms with van der Waals surface area (Å²) in [7, 11) is 0. The number of thiophene rings is 1. The molecule has 1 aromatic heterocycles. The van der Waals surface area contributed by atoms with Crippen LogP contribution in [0, 0.1) is 13.8 Å². The zero-order valence-electron chi connectivity index (χ0n) is 9.84. The number of aryl methyl sites for hydroxylation is 2. The van der Waals surface area contributed by atoms with Gasteiger partial charge in [-0.1, -0.05) is 51.3 Å². The molecule has 1 atom stereocenters. The van der Waals surface area contributed by atoms with Crippen LogP contribution in [0.3, 0.4) is 0 Å². The van der Waals surface area contributed by atoms with Gasteiger partial charge in [0.1, 0.15) is 0 Å². The van der Waals surface area contributed by atoms with Gasteiger partial charge in [-0.2, -0.15) is 0 Å². The van der Waals surface area contributed by atoms with Crippen molar-refractivity contribution in [1.29, 1.82) is 0 Å². The largest absolute Gasteiger partial charge is 0.146 e. The van der Waals surface area contributed by atoms with Crippen LogP contribution in [-0.2, 0) is 6.42 Å². The summed E-state index contributed by atoms with van der Waals surface area (Å²) < 4.78 is 0. The Kier molecular flexibility index (Phi) is 4.29. The highest BCUT2D eigenvalue weighted by Crippen LogP contribution is 2.36. The van der Waals surface area contributed by atoms with Crippen LogP contribution < -0.4 is 0 Å². The Bertz CT molecular complexity index is 519. The van der Waals surface area contributed by atoms with Gasteiger partial charge in [-0.3, -0.25) is 0 Å². The molecule has 1 unspecified atom stereocenters. The van der Waals surface area contributed by atoms with E-state index in [-0.39, 0.29) is 0 Å². The van der Waals surface area contributed by atoms with Crippen molar-refractivity contribution >= 4 is 38.9 Å². The maximum atomic E-state index is 6.15. The van der Waals surface area contributed by atoms with E-state index in [0.29, 0.717) is 4.83 Å². The first-order valence-corrected chi connectivity index (χ1v) is 7.68. The molecule has 0 spiro atoms. The Hall–Kier alpha value is -0.310. The van der Waals surface area contributed by atoms with Gasteiger partial charge in [-0.05, 0) is 42.8 Å². The lowest BCUT2D eigenvalue weighted by Crippen LogP contribution is -1.97. The zero-order valence-corrected chi connectivity index (χ0v) is 13.0. The molecule has 2 rings (SSSR count). The van der Waals surface area contributed by atoms with Crippen LogP contribution in [0.4, 0.5) is 0 Å². The van der Waals surface area contributed by atoms with Crippen LogP contribution in [-0.4, -0.2) is 0 Å². The number of hydrogen-bond acceptors (Lipinski definition) is 1. The van der Waals surface area contributed by atoms with Crippen LogP contribution in [0.5, 0.6) is 0 Å². The lowest BCUT2D eigenvalue weighted by atomic mass is 10.0. The fraction of sp³-hybridized carbons (Fsp3) is 0.286. The first-order valence-electron chi connectivity index (χ1n) is 5.51. The van der Waals surface area contributed by atoms with Crippen molar-refractivity contribution in [2.45, 2.75) is 25.1 Å². The molecule has 2 aromatic rings. The average molecular weight is 330 g/mol. The summed E-state index contributed by atoms with van der Waals surface area (Å²) in [5, 5.41) is 2.90. The molecule has 0 N–H and O–H groups in total. The van der Waals surface area contributed by atoms with Crippen molar-refractivity contribution in [1.82, 2.24) is 0 Å². The van der Waals surface area contributed by atoms with Crippen LogP contribution >= 0.6 is 38.9 Å². The van der Waals surface area contributed by atoms with Crippen molar-refractivity contribution in [2.75, 3.05) is 0 Å². The Morgan fingerprint density at radius 1 is 1.29 bits per heavy atom. The molecule has 0 fully saturated rings.